The summed E-state index contributed by atoms with van der Waals surface area (Å²) >= 11 is 0. The number of carbonyl (C=O) groups is 1. The number of ketones is 1. The van der Waals surface area contributed by atoms with E-state index in [0.29, 0.717) is 5.92 Å². The van der Waals surface area contributed by atoms with Crippen LogP contribution in [0.15, 0.2) is 16.9 Å². The highest BCUT2D eigenvalue weighted by Crippen LogP contribution is 2.47. The number of nitrogens with zero attached hydrogens (tertiary/aromatic N) is 1. The van der Waals surface area contributed by atoms with Crippen LogP contribution < -0.4 is 0 Å². The number of aryl methyl sites for hydroxylation is 1. The van der Waals surface area contributed by atoms with E-state index in [4.69, 9.17) is 4.42 Å². The molecule has 2 aliphatic carbocycles. The third-order valence-electron chi connectivity index (χ3n) is 4.27. The number of hydrogen-bond donors (Lipinski definition) is 0. The highest BCUT2D eigenvalue weighted by molar-refractivity contribution is 6.20. The summed E-state index contributed by atoms with van der Waals surface area (Å²) in [6.07, 6.45) is 5.35. The molecule has 0 unspecified atom stereocenters. The standard InChI is InChI=1S/C15H13NO2/c1-7-3-4-9-5-10(17)12-8(2)14-15(18-6-16-14)11(7)13(9)12/h5-7H,3-4H2,1-2H3/t7-/m0/s1. The van der Waals surface area contributed by atoms with E-state index in [0.717, 1.165) is 40.6 Å². The molecule has 0 aliphatic heterocycles. The molecule has 0 saturated carbocycles. The zero-order chi connectivity index (χ0) is 12.4. The van der Waals surface area contributed by atoms with Crippen LogP contribution in [0.2, 0.25) is 0 Å². The monoisotopic (exact) mass is 239 g/mol. The average molecular weight is 239 g/mol. The lowest BCUT2D eigenvalue weighted by Gasteiger charge is -2.24. The van der Waals surface area contributed by atoms with Gasteiger partial charge in [0.05, 0.1) is 0 Å². The van der Waals surface area contributed by atoms with Crippen LogP contribution >= 0.6 is 0 Å². The van der Waals surface area contributed by atoms with Crippen molar-refractivity contribution < 1.29 is 9.21 Å². The number of carbonyl (C=O) groups excluding carboxylic acids is 1. The molecule has 1 atom stereocenters. The molecule has 0 amide bonds. The second-order valence-electron chi connectivity index (χ2n) is 5.29. The van der Waals surface area contributed by atoms with Crippen LogP contribution in [0.4, 0.5) is 0 Å². The molecule has 0 saturated heterocycles. The van der Waals surface area contributed by atoms with Gasteiger partial charge in [0.25, 0.3) is 0 Å². The summed E-state index contributed by atoms with van der Waals surface area (Å²) in [7, 11) is 0. The van der Waals surface area contributed by atoms with Crippen molar-refractivity contribution in [2.75, 3.05) is 0 Å². The largest absolute Gasteiger partial charge is 0.443 e. The molecule has 90 valence electrons. The quantitative estimate of drug-likeness (QED) is 0.705. The maximum absolute atomic E-state index is 12.2. The van der Waals surface area contributed by atoms with Gasteiger partial charge < -0.3 is 4.42 Å². The fourth-order valence-corrected chi connectivity index (χ4v) is 3.39. The van der Waals surface area contributed by atoms with E-state index in [1.54, 1.807) is 6.08 Å². The molecule has 2 aliphatic rings. The van der Waals surface area contributed by atoms with Gasteiger partial charge in [-0.15, -0.1) is 0 Å². The van der Waals surface area contributed by atoms with Crippen molar-refractivity contribution >= 4 is 22.5 Å². The molecule has 0 radical (unpaired) electrons. The van der Waals surface area contributed by atoms with Gasteiger partial charge in [-0.1, -0.05) is 6.92 Å². The van der Waals surface area contributed by atoms with E-state index in [9.17, 15) is 4.79 Å². The zero-order valence-electron chi connectivity index (χ0n) is 10.4. The number of benzene rings is 1. The second kappa shape index (κ2) is 3.10. The summed E-state index contributed by atoms with van der Waals surface area (Å²) < 4.78 is 5.58. The van der Waals surface area contributed by atoms with E-state index in [2.05, 4.69) is 11.9 Å². The number of fused-ring (bicyclic) bond motifs is 2. The van der Waals surface area contributed by atoms with Crippen LogP contribution in [-0.4, -0.2) is 10.8 Å². The predicted molar refractivity (Wildman–Crippen MR) is 68.7 cm³/mol. The van der Waals surface area contributed by atoms with Crippen LogP contribution in [-0.2, 0) is 0 Å². The van der Waals surface area contributed by atoms with Crippen LogP contribution in [0.1, 0.15) is 52.7 Å². The van der Waals surface area contributed by atoms with E-state index in [-0.39, 0.29) is 5.78 Å². The summed E-state index contributed by atoms with van der Waals surface area (Å²) in [5, 5.41) is 0. The smallest absolute Gasteiger partial charge is 0.187 e. The normalized spacial score (nSPS) is 21.3. The number of hydrogen-bond acceptors (Lipinski definition) is 3. The Kier molecular flexibility index (Phi) is 1.74. The van der Waals surface area contributed by atoms with E-state index >= 15 is 0 Å². The zero-order valence-corrected chi connectivity index (χ0v) is 10.4. The maximum Gasteiger partial charge on any atom is 0.187 e. The van der Waals surface area contributed by atoms with Gasteiger partial charge >= 0.3 is 0 Å². The topological polar surface area (TPSA) is 43.1 Å². The number of allylic oxidation sites excluding steroid dienone is 2. The summed E-state index contributed by atoms with van der Waals surface area (Å²) in [5.41, 5.74) is 7.05. The van der Waals surface area contributed by atoms with Gasteiger partial charge in [-0.05, 0) is 48.5 Å². The van der Waals surface area contributed by atoms with Crippen LogP contribution in [0, 0.1) is 6.92 Å². The third kappa shape index (κ3) is 1.00. The van der Waals surface area contributed by atoms with Gasteiger partial charge in [0.1, 0.15) is 5.52 Å². The lowest BCUT2D eigenvalue weighted by atomic mass is 9.79. The molecule has 18 heavy (non-hydrogen) atoms. The van der Waals surface area contributed by atoms with Crippen molar-refractivity contribution in [3.63, 3.8) is 0 Å². The molecule has 0 N–H and O–H groups in total. The Morgan fingerprint density at radius 2 is 2.22 bits per heavy atom. The van der Waals surface area contributed by atoms with Crippen LogP contribution in [0.5, 0.6) is 0 Å². The Bertz CT molecular complexity index is 737. The van der Waals surface area contributed by atoms with Crippen LogP contribution in [0.25, 0.3) is 16.7 Å². The molecule has 4 rings (SSSR count). The van der Waals surface area contributed by atoms with Gasteiger partial charge in [0.15, 0.2) is 17.8 Å². The molecular weight excluding hydrogens is 226 g/mol. The van der Waals surface area contributed by atoms with E-state index in [1.165, 1.54) is 17.5 Å². The van der Waals surface area contributed by atoms with Crippen molar-refractivity contribution in [2.45, 2.75) is 32.6 Å². The molecule has 1 heterocycles. The average Bonchev–Trinajstić information content (AvgIpc) is 2.92. The minimum atomic E-state index is 0.137. The summed E-state index contributed by atoms with van der Waals surface area (Å²) in [5.74, 6) is 0.565. The Morgan fingerprint density at radius 3 is 3.06 bits per heavy atom. The highest BCUT2D eigenvalue weighted by Gasteiger charge is 2.34. The van der Waals surface area contributed by atoms with Crippen molar-refractivity contribution in [3.8, 4) is 0 Å². The maximum atomic E-state index is 12.2. The minimum absolute atomic E-state index is 0.137. The van der Waals surface area contributed by atoms with Crippen molar-refractivity contribution in [3.05, 3.63) is 34.7 Å². The molecule has 1 aromatic carbocycles. The van der Waals surface area contributed by atoms with Gasteiger partial charge in [0.2, 0.25) is 0 Å². The van der Waals surface area contributed by atoms with Gasteiger partial charge in [0, 0.05) is 11.1 Å². The number of rotatable bonds is 0. The van der Waals surface area contributed by atoms with E-state index in [1.807, 2.05) is 6.92 Å². The third-order valence-corrected chi connectivity index (χ3v) is 4.27. The molecule has 0 fully saturated rings. The van der Waals surface area contributed by atoms with Gasteiger partial charge in [-0.3, -0.25) is 4.79 Å². The van der Waals surface area contributed by atoms with Crippen molar-refractivity contribution in [2.24, 2.45) is 0 Å². The first-order chi connectivity index (χ1) is 8.68. The molecule has 3 heteroatoms. The van der Waals surface area contributed by atoms with E-state index < -0.39 is 0 Å². The minimum Gasteiger partial charge on any atom is -0.443 e. The van der Waals surface area contributed by atoms with Gasteiger partial charge in [-0.2, -0.15) is 0 Å². The summed E-state index contributed by atoms with van der Waals surface area (Å²) in [4.78, 5) is 16.5. The first kappa shape index (κ1) is 10.1. The lowest BCUT2D eigenvalue weighted by Crippen LogP contribution is -2.09. The van der Waals surface area contributed by atoms with Crippen LogP contribution in [0.3, 0.4) is 0 Å². The number of aromatic nitrogens is 1. The lowest BCUT2D eigenvalue weighted by molar-refractivity contribution is 0.104. The Hall–Kier alpha value is -1.90. The fourth-order valence-electron chi connectivity index (χ4n) is 3.39. The molecular formula is C15H13NO2. The molecule has 1 aromatic heterocycles. The summed E-state index contributed by atoms with van der Waals surface area (Å²) in [6.45, 7) is 4.17. The van der Waals surface area contributed by atoms with Crippen molar-refractivity contribution in [1.29, 1.82) is 0 Å². The van der Waals surface area contributed by atoms with Crippen molar-refractivity contribution in [1.82, 2.24) is 4.98 Å². The Balaban J connectivity index is 2.26. The highest BCUT2D eigenvalue weighted by atomic mass is 16.3. The predicted octanol–water partition coefficient (Wildman–Crippen LogP) is 3.61. The Labute approximate surface area is 105 Å². The molecule has 0 spiro atoms. The molecule has 0 bridgehead atoms. The Morgan fingerprint density at radius 1 is 1.39 bits per heavy atom. The fraction of sp³-hybridized carbons (Fsp3) is 0.333. The second-order valence-corrected chi connectivity index (χ2v) is 5.29. The number of oxazole rings is 1. The summed E-state index contributed by atoms with van der Waals surface area (Å²) in [6, 6.07) is 0. The van der Waals surface area contributed by atoms with Gasteiger partial charge in [-0.25, -0.2) is 4.98 Å². The first-order valence-corrected chi connectivity index (χ1v) is 6.33. The first-order valence-electron chi connectivity index (χ1n) is 6.33. The molecule has 3 nitrogen and oxygen atoms in total. The molecule has 2 aromatic rings. The SMILES string of the molecule is Cc1c2c3c(c4ocnc14)[C@@H](C)CCC3=CC2=O.